The molecule has 2 aromatic carbocycles. The Hall–Kier alpha value is -2.40. The van der Waals surface area contributed by atoms with E-state index in [2.05, 4.69) is 0 Å². The van der Waals surface area contributed by atoms with Gasteiger partial charge in [0.05, 0.1) is 18.2 Å². The average Bonchev–Trinajstić information content (AvgIpc) is 2.68. The van der Waals surface area contributed by atoms with Crippen molar-refractivity contribution in [1.82, 2.24) is 0 Å². The molecule has 28 heavy (non-hydrogen) atoms. The zero-order valence-electron chi connectivity index (χ0n) is 16.2. The summed E-state index contributed by atoms with van der Waals surface area (Å²) in [5.74, 6) is 0.998. The molecular formula is C22H25ClO5. The smallest absolute Gasteiger partial charge is 0.348 e. The van der Waals surface area contributed by atoms with Crippen molar-refractivity contribution in [3.8, 4) is 17.2 Å². The molecular weight excluding hydrogens is 380 g/mol. The van der Waals surface area contributed by atoms with Crippen molar-refractivity contribution in [3.63, 3.8) is 0 Å². The molecule has 6 heteroatoms. The molecule has 2 aromatic rings. The predicted molar refractivity (Wildman–Crippen MR) is 108 cm³/mol. The molecule has 0 fully saturated rings. The number of hydrogen-bond acceptors (Lipinski definition) is 4. The lowest BCUT2D eigenvalue weighted by Crippen LogP contribution is -2.46. The number of aryl methyl sites for hydroxylation is 2. The van der Waals surface area contributed by atoms with Crippen LogP contribution in [0.25, 0.3) is 0 Å². The van der Waals surface area contributed by atoms with Crippen LogP contribution in [0.2, 0.25) is 5.02 Å². The number of hydrogen-bond donors (Lipinski definition) is 1. The lowest BCUT2D eigenvalue weighted by atomic mass is 9.89. The van der Waals surface area contributed by atoms with E-state index in [4.69, 9.17) is 25.8 Å². The molecule has 0 bridgehead atoms. The van der Waals surface area contributed by atoms with Crippen LogP contribution in [0, 0.1) is 6.92 Å². The molecule has 0 radical (unpaired) electrons. The highest BCUT2D eigenvalue weighted by Crippen LogP contribution is 2.37. The molecule has 5 nitrogen and oxygen atoms in total. The van der Waals surface area contributed by atoms with Crippen LogP contribution in [0.5, 0.6) is 17.2 Å². The fourth-order valence-electron chi connectivity index (χ4n) is 3.23. The zero-order valence-corrected chi connectivity index (χ0v) is 16.9. The van der Waals surface area contributed by atoms with Crippen LogP contribution < -0.4 is 14.2 Å². The van der Waals surface area contributed by atoms with Gasteiger partial charge >= 0.3 is 5.97 Å². The molecule has 1 N–H and O–H groups in total. The Kier molecular flexibility index (Phi) is 6.35. The third kappa shape index (κ3) is 4.53. The molecule has 0 saturated heterocycles. The minimum Gasteiger partial charge on any atom is -0.493 e. The van der Waals surface area contributed by atoms with E-state index in [1.165, 1.54) is 0 Å². The van der Waals surface area contributed by atoms with Crippen LogP contribution in [-0.2, 0) is 11.2 Å². The minimum absolute atomic E-state index is 0.422. The average molecular weight is 405 g/mol. The SMILES string of the molecule is CCC1(C(=O)O)CCc2ccc(OCCCOc3ccc(C)cc3Cl)cc2O1. The lowest BCUT2D eigenvalue weighted by molar-refractivity contribution is -0.157. The van der Waals surface area contributed by atoms with E-state index in [-0.39, 0.29) is 0 Å². The molecule has 3 rings (SSSR count). The number of carbonyl (C=O) groups is 1. The van der Waals surface area contributed by atoms with Gasteiger partial charge in [0.25, 0.3) is 0 Å². The van der Waals surface area contributed by atoms with E-state index >= 15 is 0 Å². The molecule has 1 atom stereocenters. The summed E-state index contributed by atoms with van der Waals surface area (Å²) >= 11 is 6.15. The number of halogens is 1. The summed E-state index contributed by atoms with van der Waals surface area (Å²) in [6.45, 7) is 4.77. The number of ether oxygens (including phenoxy) is 3. The first-order chi connectivity index (χ1) is 13.4. The Morgan fingerprint density at radius 1 is 1.21 bits per heavy atom. The Morgan fingerprint density at radius 2 is 2.00 bits per heavy atom. The fraction of sp³-hybridized carbons (Fsp3) is 0.409. The van der Waals surface area contributed by atoms with Crippen molar-refractivity contribution in [1.29, 1.82) is 0 Å². The van der Waals surface area contributed by atoms with Gasteiger partial charge in [-0.1, -0.05) is 30.7 Å². The standard InChI is InChI=1S/C22H25ClO5/c1-3-22(21(24)25)10-9-16-6-7-17(14-20(16)28-22)26-11-4-12-27-19-8-5-15(2)13-18(19)23/h5-8,13-14H,3-4,9-12H2,1-2H3,(H,24,25). The summed E-state index contributed by atoms with van der Waals surface area (Å²) < 4.78 is 17.3. The Balaban J connectivity index is 1.52. The van der Waals surface area contributed by atoms with Crippen molar-refractivity contribution >= 4 is 17.6 Å². The highest BCUT2D eigenvalue weighted by Gasteiger charge is 2.42. The second kappa shape index (κ2) is 8.74. The summed E-state index contributed by atoms with van der Waals surface area (Å²) in [7, 11) is 0. The normalized spacial score (nSPS) is 18.1. The minimum atomic E-state index is -1.15. The van der Waals surface area contributed by atoms with Gasteiger partial charge in [0.15, 0.2) is 0 Å². The maximum Gasteiger partial charge on any atom is 0.348 e. The summed E-state index contributed by atoms with van der Waals surface area (Å²) in [6.07, 6.45) is 2.27. The number of aliphatic carboxylic acids is 1. The van der Waals surface area contributed by atoms with Crippen LogP contribution in [0.15, 0.2) is 36.4 Å². The van der Waals surface area contributed by atoms with Gasteiger partial charge in [0, 0.05) is 18.9 Å². The van der Waals surface area contributed by atoms with Crippen molar-refractivity contribution in [2.75, 3.05) is 13.2 Å². The predicted octanol–water partition coefficient (Wildman–Crippen LogP) is 5.05. The molecule has 0 aliphatic carbocycles. The van der Waals surface area contributed by atoms with Gasteiger partial charge in [-0.05, 0) is 49.1 Å². The number of fused-ring (bicyclic) bond motifs is 1. The van der Waals surface area contributed by atoms with Crippen LogP contribution in [0.4, 0.5) is 0 Å². The number of benzene rings is 2. The van der Waals surface area contributed by atoms with Gasteiger partial charge < -0.3 is 19.3 Å². The fourth-order valence-corrected chi connectivity index (χ4v) is 3.52. The highest BCUT2D eigenvalue weighted by atomic mass is 35.5. The lowest BCUT2D eigenvalue weighted by Gasteiger charge is -2.34. The number of rotatable bonds is 8. The van der Waals surface area contributed by atoms with E-state index in [0.717, 1.165) is 11.1 Å². The van der Waals surface area contributed by atoms with E-state index < -0.39 is 11.6 Å². The monoisotopic (exact) mass is 404 g/mol. The Morgan fingerprint density at radius 3 is 2.71 bits per heavy atom. The first-order valence-electron chi connectivity index (χ1n) is 9.50. The summed E-state index contributed by atoms with van der Waals surface area (Å²) in [5, 5.41) is 10.1. The van der Waals surface area contributed by atoms with Gasteiger partial charge in [-0.2, -0.15) is 0 Å². The van der Waals surface area contributed by atoms with E-state index in [1.807, 2.05) is 44.2 Å². The van der Waals surface area contributed by atoms with Gasteiger partial charge in [-0.3, -0.25) is 0 Å². The molecule has 1 aliphatic rings. The highest BCUT2D eigenvalue weighted by molar-refractivity contribution is 6.32. The molecule has 0 aromatic heterocycles. The van der Waals surface area contributed by atoms with Crippen LogP contribution in [0.1, 0.15) is 37.3 Å². The van der Waals surface area contributed by atoms with Gasteiger partial charge in [-0.15, -0.1) is 0 Å². The Labute approximate surface area is 170 Å². The van der Waals surface area contributed by atoms with Crippen LogP contribution in [-0.4, -0.2) is 29.9 Å². The maximum atomic E-state index is 11.6. The largest absolute Gasteiger partial charge is 0.493 e. The van der Waals surface area contributed by atoms with E-state index in [1.54, 1.807) is 6.07 Å². The van der Waals surface area contributed by atoms with Crippen molar-refractivity contribution < 1.29 is 24.1 Å². The van der Waals surface area contributed by atoms with Gasteiger partial charge in [0.1, 0.15) is 17.2 Å². The quantitative estimate of drug-likeness (QED) is 0.623. The van der Waals surface area contributed by atoms with E-state index in [9.17, 15) is 9.90 Å². The van der Waals surface area contributed by atoms with Crippen LogP contribution in [0.3, 0.4) is 0 Å². The molecule has 0 saturated carbocycles. The van der Waals surface area contributed by atoms with E-state index in [0.29, 0.717) is 61.2 Å². The third-order valence-corrected chi connectivity index (χ3v) is 5.30. The summed E-state index contributed by atoms with van der Waals surface area (Å²) in [4.78, 5) is 11.6. The van der Waals surface area contributed by atoms with Crippen molar-refractivity contribution in [3.05, 3.63) is 52.5 Å². The maximum absolute atomic E-state index is 11.6. The van der Waals surface area contributed by atoms with Crippen molar-refractivity contribution in [2.45, 2.75) is 45.1 Å². The second-order valence-corrected chi connectivity index (χ2v) is 7.42. The molecule has 0 spiro atoms. The second-order valence-electron chi connectivity index (χ2n) is 7.01. The third-order valence-electron chi connectivity index (χ3n) is 5.01. The van der Waals surface area contributed by atoms with Gasteiger partial charge in [0.2, 0.25) is 5.60 Å². The van der Waals surface area contributed by atoms with Crippen LogP contribution >= 0.6 is 11.6 Å². The zero-order chi connectivity index (χ0) is 20.1. The first kappa shape index (κ1) is 20.3. The topological polar surface area (TPSA) is 65.0 Å². The first-order valence-corrected chi connectivity index (χ1v) is 9.88. The summed E-state index contributed by atoms with van der Waals surface area (Å²) in [6, 6.07) is 11.3. The number of carboxylic acid groups (broad SMARTS) is 1. The molecule has 0 amide bonds. The molecule has 150 valence electrons. The van der Waals surface area contributed by atoms with Gasteiger partial charge in [-0.25, -0.2) is 4.79 Å². The van der Waals surface area contributed by atoms with Crippen molar-refractivity contribution in [2.24, 2.45) is 0 Å². The Bertz CT molecular complexity index is 851. The molecule has 1 aliphatic heterocycles. The molecule has 1 heterocycles. The summed E-state index contributed by atoms with van der Waals surface area (Å²) in [5.41, 5.74) is 0.951. The molecule has 1 unspecified atom stereocenters. The number of carboxylic acids is 1.